The Bertz CT molecular complexity index is 1880. The quantitative estimate of drug-likeness (QED) is 0.238. The summed E-state index contributed by atoms with van der Waals surface area (Å²) in [6.45, 7) is 12.5. The van der Waals surface area contributed by atoms with Gasteiger partial charge in [0.05, 0.1) is 11.1 Å². The number of hydrogen-bond donors (Lipinski definition) is 2. The summed E-state index contributed by atoms with van der Waals surface area (Å²) >= 11 is 0. The van der Waals surface area contributed by atoms with Gasteiger partial charge in [-0.3, -0.25) is 18.7 Å². The first kappa shape index (κ1) is 32.5. The first-order chi connectivity index (χ1) is 22.2. The smallest absolute Gasteiger partial charge is 0.330 e. The Morgan fingerprint density at radius 2 is 1.79 bits per heavy atom. The summed E-state index contributed by atoms with van der Waals surface area (Å²) in [4.78, 5) is 47.2. The number of aromatic nitrogens is 3. The molecule has 2 N–H and O–H groups in total. The van der Waals surface area contributed by atoms with Gasteiger partial charge in [0.2, 0.25) is 0 Å². The van der Waals surface area contributed by atoms with Crippen LogP contribution in [0.1, 0.15) is 98.2 Å². The first-order valence-electron chi connectivity index (χ1n) is 16.8. The maximum atomic E-state index is 13.9. The third kappa shape index (κ3) is 6.32. The normalized spacial score (nSPS) is 20.0. The number of carbonyl (C=O) groups is 2. The third-order valence-corrected chi connectivity index (χ3v) is 10.3. The van der Waals surface area contributed by atoms with Crippen LogP contribution in [0.25, 0.3) is 11.2 Å². The van der Waals surface area contributed by atoms with Gasteiger partial charge in [-0.25, -0.2) is 9.78 Å². The zero-order valence-electron chi connectivity index (χ0n) is 28.4. The molecule has 1 aliphatic heterocycles. The molecule has 2 aromatic heterocycles. The highest BCUT2D eigenvalue weighted by atomic mass is 16.3. The first-order valence-corrected chi connectivity index (χ1v) is 16.8. The van der Waals surface area contributed by atoms with Crippen molar-refractivity contribution in [3.8, 4) is 5.75 Å². The van der Waals surface area contributed by atoms with Gasteiger partial charge in [-0.05, 0) is 78.3 Å². The lowest BCUT2D eigenvalue weighted by atomic mass is 9.61. The summed E-state index contributed by atoms with van der Waals surface area (Å²) in [5, 5.41) is 13.2. The number of hydrogen-bond acceptors (Lipinski definition) is 5. The number of phenols is 1. The molecular weight excluding hydrogens is 590 g/mol. The number of aromatic hydroxyl groups is 1. The minimum Gasteiger partial charge on any atom is -0.507 e. The number of nitrogens with zero attached hydrogens (tertiary/aromatic N) is 4. The van der Waals surface area contributed by atoms with Crippen LogP contribution < -0.4 is 11.0 Å². The molecule has 248 valence electrons. The van der Waals surface area contributed by atoms with Gasteiger partial charge in [-0.15, -0.1) is 0 Å². The molecule has 1 saturated carbocycles. The lowest BCUT2D eigenvalue weighted by molar-refractivity contribution is 0.0201. The third-order valence-electron chi connectivity index (χ3n) is 10.3. The molecule has 1 aliphatic carbocycles. The van der Waals surface area contributed by atoms with Crippen molar-refractivity contribution in [1.29, 1.82) is 0 Å². The summed E-state index contributed by atoms with van der Waals surface area (Å²) < 4.78 is 3.49. The van der Waals surface area contributed by atoms with Crippen molar-refractivity contribution < 1.29 is 14.7 Å². The average Bonchev–Trinajstić information content (AvgIpc) is 3.47. The molecule has 0 spiro atoms. The van der Waals surface area contributed by atoms with E-state index in [1.165, 1.54) is 6.07 Å². The number of fused-ring (bicyclic) bond motifs is 2. The number of pyridine rings is 1. The van der Waals surface area contributed by atoms with Crippen LogP contribution in [0.15, 0.2) is 65.5 Å². The lowest BCUT2D eigenvalue weighted by Gasteiger charge is -2.48. The number of nitrogens with one attached hydrogen (secondary N) is 1. The Labute approximate surface area is 276 Å². The zero-order chi connectivity index (χ0) is 33.7. The second-order valence-corrected chi connectivity index (χ2v) is 15.4. The molecular formula is C38H47N5O4. The van der Waals surface area contributed by atoms with Crippen LogP contribution in [0.3, 0.4) is 0 Å². The van der Waals surface area contributed by atoms with Gasteiger partial charge in [0, 0.05) is 49.9 Å². The van der Waals surface area contributed by atoms with Gasteiger partial charge in [0.1, 0.15) is 5.75 Å². The summed E-state index contributed by atoms with van der Waals surface area (Å²) in [6.07, 6.45) is 3.34. The summed E-state index contributed by atoms with van der Waals surface area (Å²) in [7, 11) is 1.80. The number of para-hydroxylation sites is 1. The number of rotatable bonds is 8. The monoisotopic (exact) mass is 637 g/mol. The molecule has 1 fully saturated rings. The molecule has 2 aromatic carbocycles. The Balaban J connectivity index is 1.30. The highest BCUT2D eigenvalue weighted by Gasteiger charge is 2.46. The molecule has 3 heterocycles. The number of aryl methyl sites for hydroxylation is 1. The standard InChI is InChI=1S/C38H47N5O4/c1-37(2,3)23-43-31-16-15-29(40-33(31)41(6)36(43)47)24-17-19-38(4,5)28(21-24)30(42-22-25-11-7-8-12-26(25)35(42)46)18-20-39-34(45)27-13-9-10-14-32(27)44/h7-16,24,28,30,44H,17-23H2,1-6H3,(H,39,45). The molecule has 9 nitrogen and oxygen atoms in total. The van der Waals surface area contributed by atoms with Crippen molar-refractivity contribution >= 4 is 23.0 Å². The van der Waals surface area contributed by atoms with E-state index in [4.69, 9.17) is 4.98 Å². The van der Waals surface area contributed by atoms with Crippen LogP contribution in [0.4, 0.5) is 0 Å². The van der Waals surface area contributed by atoms with E-state index in [1.807, 2.05) is 39.8 Å². The van der Waals surface area contributed by atoms with Crippen molar-refractivity contribution in [3.05, 3.63) is 93.5 Å². The van der Waals surface area contributed by atoms with E-state index in [1.54, 1.807) is 29.8 Å². The van der Waals surface area contributed by atoms with Gasteiger partial charge in [0.25, 0.3) is 11.8 Å². The predicted molar refractivity (Wildman–Crippen MR) is 183 cm³/mol. The molecule has 4 aromatic rings. The lowest BCUT2D eigenvalue weighted by Crippen LogP contribution is -2.49. The number of imidazole rings is 1. The Morgan fingerprint density at radius 3 is 2.51 bits per heavy atom. The SMILES string of the molecule is Cn1c(=O)n(CC(C)(C)C)c2ccc(C3CCC(C)(C)C(C(CCNC(=O)c4ccccc4O)N4Cc5ccccc5C4=O)C3)nc21. The number of benzene rings is 2. The number of carbonyl (C=O) groups excluding carboxylic acids is 2. The second-order valence-electron chi connectivity index (χ2n) is 15.4. The van der Waals surface area contributed by atoms with E-state index < -0.39 is 0 Å². The molecule has 0 saturated heterocycles. The van der Waals surface area contributed by atoms with Crippen LogP contribution in [0.5, 0.6) is 5.75 Å². The fourth-order valence-electron chi connectivity index (χ4n) is 7.78. The summed E-state index contributed by atoms with van der Waals surface area (Å²) in [5.41, 5.74) is 4.36. The molecule has 2 amide bonds. The van der Waals surface area contributed by atoms with E-state index in [2.05, 4.69) is 46.0 Å². The minimum absolute atomic E-state index is 0.0327. The van der Waals surface area contributed by atoms with E-state index in [-0.39, 0.29) is 57.5 Å². The molecule has 3 unspecified atom stereocenters. The molecule has 2 aliphatic rings. The van der Waals surface area contributed by atoms with Crippen LogP contribution in [-0.4, -0.2) is 48.5 Å². The van der Waals surface area contributed by atoms with Crippen molar-refractivity contribution in [2.75, 3.05) is 6.54 Å². The Kier molecular flexibility index (Phi) is 8.53. The highest BCUT2D eigenvalue weighted by molar-refractivity contribution is 5.98. The van der Waals surface area contributed by atoms with Crippen molar-refractivity contribution in [2.24, 2.45) is 23.8 Å². The fraction of sp³-hybridized carbons (Fsp3) is 0.474. The summed E-state index contributed by atoms with van der Waals surface area (Å²) in [5.74, 6) is -0.0607. The van der Waals surface area contributed by atoms with Crippen molar-refractivity contribution in [1.82, 2.24) is 24.3 Å². The molecule has 3 atom stereocenters. The van der Waals surface area contributed by atoms with E-state index in [0.29, 0.717) is 31.7 Å². The van der Waals surface area contributed by atoms with Gasteiger partial charge in [0.15, 0.2) is 5.65 Å². The molecule has 6 rings (SSSR count). The Hall–Kier alpha value is -4.40. The molecule has 0 radical (unpaired) electrons. The van der Waals surface area contributed by atoms with E-state index in [0.717, 1.165) is 41.6 Å². The largest absolute Gasteiger partial charge is 0.507 e. The predicted octanol–water partition coefficient (Wildman–Crippen LogP) is 6.24. The van der Waals surface area contributed by atoms with Crippen LogP contribution >= 0.6 is 0 Å². The van der Waals surface area contributed by atoms with Crippen molar-refractivity contribution in [2.45, 2.75) is 85.4 Å². The maximum Gasteiger partial charge on any atom is 0.330 e. The summed E-state index contributed by atoms with van der Waals surface area (Å²) in [6, 6.07) is 18.3. The van der Waals surface area contributed by atoms with Crippen molar-refractivity contribution in [3.63, 3.8) is 0 Å². The van der Waals surface area contributed by atoms with Gasteiger partial charge < -0.3 is 15.3 Å². The number of phenolic OH excluding ortho intramolecular Hbond substituents is 1. The zero-order valence-corrected chi connectivity index (χ0v) is 28.4. The van der Waals surface area contributed by atoms with Crippen LogP contribution in [0.2, 0.25) is 0 Å². The van der Waals surface area contributed by atoms with Crippen LogP contribution in [-0.2, 0) is 20.1 Å². The number of amides is 2. The second kappa shape index (κ2) is 12.3. The fourth-order valence-corrected chi connectivity index (χ4v) is 7.78. The van der Waals surface area contributed by atoms with E-state index >= 15 is 0 Å². The van der Waals surface area contributed by atoms with Crippen LogP contribution in [0, 0.1) is 16.7 Å². The molecule has 47 heavy (non-hydrogen) atoms. The van der Waals surface area contributed by atoms with Gasteiger partial charge >= 0.3 is 5.69 Å². The molecule has 9 heteroatoms. The molecule has 0 bridgehead atoms. The van der Waals surface area contributed by atoms with E-state index in [9.17, 15) is 19.5 Å². The highest BCUT2D eigenvalue weighted by Crippen LogP contribution is 2.50. The maximum absolute atomic E-state index is 13.9. The topological polar surface area (TPSA) is 109 Å². The van der Waals surface area contributed by atoms with Gasteiger partial charge in [-0.1, -0.05) is 65.0 Å². The average molecular weight is 638 g/mol. The Morgan fingerprint density at radius 1 is 1.06 bits per heavy atom. The van der Waals surface area contributed by atoms with Gasteiger partial charge in [-0.2, -0.15) is 0 Å². The minimum atomic E-state index is -0.333.